The van der Waals surface area contributed by atoms with Crippen LogP contribution in [0.4, 0.5) is 0 Å². The van der Waals surface area contributed by atoms with Gasteiger partial charge in [0.25, 0.3) is 5.91 Å². The van der Waals surface area contributed by atoms with E-state index in [1.807, 2.05) is 40.9 Å². The minimum absolute atomic E-state index is 0.0416. The van der Waals surface area contributed by atoms with Gasteiger partial charge < -0.3 is 14.4 Å². The highest BCUT2D eigenvalue weighted by molar-refractivity contribution is 7.99. The molecule has 112 valence electrons. The number of hydrogen-bond donors (Lipinski definition) is 0. The van der Waals surface area contributed by atoms with Gasteiger partial charge in [-0.25, -0.2) is 0 Å². The number of benzene rings is 1. The van der Waals surface area contributed by atoms with Crippen LogP contribution in [-0.4, -0.2) is 42.1 Å². The molecule has 2 heterocycles. The first-order valence-corrected chi connectivity index (χ1v) is 8.38. The Bertz CT molecular complexity index is 546. The van der Waals surface area contributed by atoms with Gasteiger partial charge in [-0.05, 0) is 17.7 Å². The molecule has 0 N–H and O–H groups in total. The first-order valence-electron chi connectivity index (χ1n) is 6.84. The lowest BCUT2D eigenvalue weighted by molar-refractivity contribution is -0.134. The maximum absolute atomic E-state index is 12.6. The Balaban J connectivity index is 1.82. The van der Waals surface area contributed by atoms with Crippen molar-refractivity contribution >= 4 is 29.3 Å². The summed E-state index contributed by atoms with van der Waals surface area (Å²) in [6.07, 6.45) is 1.42. The Labute approximate surface area is 133 Å². The number of amides is 1. The number of rotatable bonds is 2. The van der Waals surface area contributed by atoms with Crippen molar-refractivity contribution in [1.29, 1.82) is 0 Å². The molecule has 0 aromatic heterocycles. The quantitative estimate of drug-likeness (QED) is 0.838. The van der Waals surface area contributed by atoms with Crippen LogP contribution in [-0.2, 0) is 14.3 Å². The van der Waals surface area contributed by atoms with E-state index in [-0.39, 0.29) is 11.9 Å². The Morgan fingerprint density at radius 1 is 1.29 bits per heavy atom. The molecule has 0 bridgehead atoms. The zero-order valence-electron chi connectivity index (χ0n) is 11.5. The van der Waals surface area contributed by atoms with Crippen molar-refractivity contribution < 1.29 is 14.3 Å². The molecule has 4 nitrogen and oxygen atoms in total. The minimum Gasteiger partial charge on any atom is -0.494 e. The summed E-state index contributed by atoms with van der Waals surface area (Å²) < 4.78 is 10.6. The van der Waals surface area contributed by atoms with Crippen LogP contribution in [0.1, 0.15) is 11.6 Å². The highest BCUT2D eigenvalue weighted by atomic mass is 35.5. The summed E-state index contributed by atoms with van der Waals surface area (Å²) in [5.41, 5.74) is 1.09. The third kappa shape index (κ3) is 3.30. The van der Waals surface area contributed by atoms with E-state index in [2.05, 4.69) is 0 Å². The molecular weight excluding hydrogens is 310 g/mol. The van der Waals surface area contributed by atoms with Crippen LogP contribution in [0.15, 0.2) is 36.3 Å². The molecule has 0 radical (unpaired) electrons. The molecule has 1 atom stereocenters. The van der Waals surface area contributed by atoms with Gasteiger partial charge in [0.1, 0.15) is 19.5 Å². The number of carbonyl (C=O) groups is 1. The number of thioether (sulfide) groups is 1. The predicted octanol–water partition coefficient (Wildman–Crippen LogP) is 2.84. The molecule has 0 spiro atoms. The molecule has 3 rings (SSSR count). The predicted molar refractivity (Wildman–Crippen MR) is 83.2 cm³/mol. The highest BCUT2D eigenvalue weighted by Crippen LogP contribution is 2.31. The highest BCUT2D eigenvalue weighted by Gasteiger charge is 2.31. The average molecular weight is 326 g/mol. The fourth-order valence-corrected chi connectivity index (χ4v) is 3.64. The zero-order valence-corrected chi connectivity index (χ0v) is 13.0. The van der Waals surface area contributed by atoms with E-state index in [0.29, 0.717) is 30.5 Å². The molecule has 6 heteroatoms. The van der Waals surface area contributed by atoms with Gasteiger partial charge in [-0.2, -0.15) is 11.8 Å². The number of hydrogen-bond acceptors (Lipinski definition) is 4. The van der Waals surface area contributed by atoms with Gasteiger partial charge in [0.2, 0.25) is 5.76 Å². The Morgan fingerprint density at radius 3 is 2.81 bits per heavy atom. The molecule has 21 heavy (non-hydrogen) atoms. The topological polar surface area (TPSA) is 38.8 Å². The first kappa shape index (κ1) is 14.6. The van der Waals surface area contributed by atoms with E-state index in [9.17, 15) is 4.79 Å². The molecule has 1 amide bonds. The second-order valence-corrected chi connectivity index (χ2v) is 6.43. The van der Waals surface area contributed by atoms with E-state index in [1.165, 1.54) is 6.26 Å². The van der Waals surface area contributed by atoms with Crippen molar-refractivity contribution in [2.75, 3.05) is 31.3 Å². The van der Waals surface area contributed by atoms with Gasteiger partial charge >= 0.3 is 0 Å². The van der Waals surface area contributed by atoms with Crippen LogP contribution < -0.4 is 0 Å². The number of halogens is 1. The maximum atomic E-state index is 12.6. The SMILES string of the molecule is O=C(C1=COCCO1)N1CCSCC1c1ccc(Cl)cc1. The van der Waals surface area contributed by atoms with Crippen molar-refractivity contribution in [3.8, 4) is 0 Å². The van der Waals surface area contributed by atoms with Gasteiger partial charge in [0, 0.05) is 23.1 Å². The number of carbonyl (C=O) groups excluding carboxylic acids is 1. The van der Waals surface area contributed by atoms with Crippen molar-refractivity contribution in [3.05, 3.63) is 46.9 Å². The summed E-state index contributed by atoms with van der Waals surface area (Å²) >= 11 is 7.79. The van der Waals surface area contributed by atoms with E-state index in [0.717, 1.165) is 17.1 Å². The summed E-state index contributed by atoms with van der Waals surface area (Å²) in [7, 11) is 0. The van der Waals surface area contributed by atoms with Gasteiger partial charge in [0.05, 0.1) is 6.04 Å². The molecule has 2 aliphatic rings. The first-order chi connectivity index (χ1) is 10.3. The van der Waals surface area contributed by atoms with Crippen molar-refractivity contribution in [2.24, 2.45) is 0 Å². The maximum Gasteiger partial charge on any atom is 0.292 e. The standard InChI is InChI=1S/C15H16ClNO3S/c16-12-3-1-11(2-4-12)13-10-21-8-5-17(13)15(18)14-9-19-6-7-20-14/h1-4,9,13H,5-8,10H2. The molecule has 2 aliphatic heterocycles. The molecule has 1 aromatic carbocycles. The lowest BCUT2D eigenvalue weighted by Crippen LogP contribution is -2.42. The molecule has 1 aromatic rings. The molecular formula is C15H16ClNO3S. The third-order valence-electron chi connectivity index (χ3n) is 3.50. The van der Waals surface area contributed by atoms with E-state index in [1.54, 1.807) is 0 Å². The monoisotopic (exact) mass is 325 g/mol. The fraction of sp³-hybridized carbons (Fsp3) is 0.400. The van der Waals surface area contributed by atoms with Crippen LogP contribution in [0.25, 0.3) is 0 Å². The third-order valence-corrected chi connectivity index (χ3v) is 4.78. The van der Waals surface area contributed by atoms with Crippen molar-refractivity contribution in [3.63, 3.8) is 0 Å². The Morgan fingerprint density at radius 2 is 2.10 bits per heavy atom. The largest absolute Gasteiger partial charge is 0.494 e. The summed E-state index contributed by atoms with van der Waals surface area (Å²) in [5, 5.41) is 0.701. The molecule has 1 unspecified atom stereocenters. The molecule has 0 saturated carbocycles. The molecule has 1 fully saturated rings. The van der Waals surface area contributed by atoms with Crippen LogP contribution in [0, 0.1) is 0 Å². The smallest absolute Gasteiger partial charge is 0.292 e. The van der Waals surface area contributed by atoms with Crippen LogP contribution in [0.5, 0.6) is 0 Å². The number of nitrogens with zero attached hydrogens (tertiary/aromatic N) is 1. The van der Waals surface area contributed by atoms with Crippen LogP contribution >= 0.6 is 23.4 Å². The van der Waals surface area contributed by atoms with Gasteiger partial charge in [0.15, 0.2) is 0 Å². The zero-order chi connectivity index (χ0) is 14.7. The van der Waals surface area contributed by atoms with Gasteiger partial charge in [-0.15, -0.1) is 0 Å². The second kappa shape index (κ2) is 6.62. The molecule has 0 aliphatic carbocycles. The summed E-state index contributed by atoms with van der Waals surface area (Å²) in [6.45, 7) is 1.62. The fourth-order valence-electron chi connectivity index (χ4n) is 2.43. The second-order valence-electron chi connectivity index (χ2n) is 4.84. The lowest BCUT2D eigenvalue weighted by Gasteiger charge is -2.36. The Hall–Kier alpha value is -1.33. The average Bonchev–Trinajstić information content (AvgIpc) is 2.56. The normalized spacial score (nSPS) is 22.0. The van der Waals surface area contributed by atoms with Crippen molar-refractivity contribution in [1.82, 2.24) is 4.90 Å². The van der Waals surface area contributed by atoms with Crippen LogP contribution in [0.2, 0.25) is 5.02 Å². The van der Waals surface area contributed by atoms with E-state index >= 15 is 0 Å². The minimum atomic E-state index is -0.102. The van der Waals surface area contributed by atoms with E-state index < -0.39 is 0 Å². The summed E-state index contributed by atoms with van der Waals surface area (Å²) in [6, 6.07) is 7.72. The number of ether oxygens (including phenoxy) is 2. The molecule has 1 saturated heterocycles. The van der Waals surface area contributed by atoms with E-state index in [4.69, 9.17) is 21.1 Å². The van der Waals surface area contributed by atoms with Crippen LogP contribution in [0.3, 0.4) is 0 Å². The lowest BCUT2D eigenvalue weighted by atomic mass is 10.1. The summed E-state index contributed by atoms with van der Waals surface area (Å²) in [5.74, 6) is 2.01. The van der Waals surface area contributed by atoms with Crippen molar-refractivity contribution in [2.45, 2.75) is 6.04 Å². The van der Waals surface area contributed by atoms with Gasteiger partial charge in [-0.1, -0.05) is 23.7 Å². The Kier molecular flexibility index (Phi) is 4.60. The van der Waals surface area contributed by atoms with Gasteiger partial charge in [-0.3, -0.25) is 4.79 Å². The summed E-state index contributed by atoms with van der Waals surface area (Å²) in [4.78, 5) is 14.5.